The Labute approximate surface area is 156 Å². The van der Waals surface area contributed by atoms with Gasteiger partial charge in [-0.1, -0.05) is 49.0 Å². The van der Waals surface area contributed by atoms with Crippen LogP contribution in [0.4, 0.5) is 0 Å². The lowest BCUT2D eigenvalue weighted by atomic mass is 9.96. The number of hydrazine groups is 2. The molecule has 5 heteroatoms. The summed E-state index contributed by atoms with van der Waals surface area (Å²) in [6, 6.07) is 0. The van der Waals surface area contributed by atoms with E-state index in [1.54, 1.807) is 7.05 Å². The number of aldehydes is 1. The van der Waals surface area contributed by atoms with E-state index in [9.17, 15) is 4.79 Å². The first kappa shape index (κ1) is 19.8. The van der Waals surface area contributed by atoms with Crippen LogP contribution < -0.4 is 11.0 Å². The molecule has 0 radical (unpaired) electrons. The number of hydrogen-bond acceptors (Lipinski definition) is 5. The van der Waals surface area contributed by atoms with Crippen molar-refractivity contribution < 1.29 is 4.79 Å². The van der Waals surface area contributed by atoms with Gasteiger partial charge in [0.25, 0.3) is 0 Å². The maximum atomic E-state index is 11.2. The van der Waals surface area contributed by atoms with E-state index in [1.807, 2.05) is 17.2 Å². The average Bonchev–Trinajstić information content (AvgIpc) is 2.63. The smallest absolute Gasteiger partial charge is 0.167 e. The molecule has 1 unspecified atom stereocenters. The van der Waals surface area contributed by atoms with E-state index in [0.717, 1.165) is 42.3 Å². The SMILES string of the molecule is C=C(/C=C\C=C(\C)CC/C(=C\C(C=O)=NC)C1=CN2NNC2C=C1)CC. The van der Waals surface area contributed by atoms with Crippen molar-refractivity contribution in [2.45, 2.75) is 39.3 Å². The number of carbonyl (C=O) groups is 1. The zero-order valence-electron chi connectivity index (χ0n) is 15.8. The number of nitrogens with one attached hydrogen (secondary N) is 2. The van der Waals surface area contributed by atoms with E-state index in [0.29, 0.717) is 5.71 Å². The molecule has 1 fully saturated rings. The fourth-order valence-corrected chi connectivity index (χ4v) is 2.56. The fraction of sp³-hybridized carbons (Fsp3) is 0.333. The largest absolute Gasteiger partial charge is 0.296 e. The van der Waals surface area contributed by atoms with Crippen LogP contribution in [0.25, 0.3) is 0 Å². The second-order valence-electron chi connectivity index (χ2n) is 6.37. The van der Waals surface area contributed by atoms with Crippen LogP contribution in [-0.4, -0.2) is 30.2 Å². The molecule has 0 aliphatic carbocycles. The summed E-state index contributed by atoms with van der Waals surface area (Å²) in [5.41, 5.74) is 11.1. The lowest BCUT2D eigenvalue weighted by molar-refractivity contribution is -0.102. The highest BCUT2D eigenvalue weighted by atomic mass is 16.1. The molecule has 0 saturated carbocycles. The molecule has 2 N–H and O–H groups in total. The Morgan fingerprint density at radius 1 is 1.42 bits per heavy atom. The standard InChI is InChI=1S/C21H28N4O/c1-5-16(2)7-6-8-17(3)9-10-18(13-20(15-26)22-4)19-11-12-21-23-24-25(21)14-19/h6-8,11-15,21,23-24H,2,5,9-10H2,1,3-4H3/b7-6-,17-8-,18-13+,22-20?. The topological polar surface area (TPSA) is 56.7 Å². The van der Waals surface area contributed by atoms with Gasteiger partial charge in [-0.15, -0.1) is 0 Å². The van der Waals surface area contributed by atoms with Gasteiger partial charge in [-0.3, -0.25) is 14.8 Å². The predicted molar refractivity (Wildman–Crippen MR) is 108 cm³/mol. The van der Waals surface area contributed by atoms with Crippen LogP contribution in [0.2, 0.25) is 0 Å². The summed E-state index contributed by atoms with van der Waals surface area (Å²) in [7, 11) is 1.64. The highest BCUT2D eigenvalue weighted by Gasteiger charge is 2.25. The van der Waals surface area contributed by atoms with E-state index in [1.165, 1.54) is 5.57 Å². The summed E-state index contributed by atoms with van der Waals surface area (Å²) in [5, 5.41) is 1.99. The van der Waals surface area contributed by atoms with Gasteiger partial charge < -0.3 is 0 Å². The molecular weight excluding hydrogens is 324 g/mol. The van der Waals surface area contributed by atoms with Crippen molar-refractivity contribution >= 4 is 12.0 Å². The van der Waals surface area contributed by atoms with Crippen molar-refractivity contribution in [2.24, 2.45) is 4.99 Å². The van der Waals surface area contributed by atoms with Crippen molar-refractivity contribution in [2.75, 3.05) is 7.05 Å². The van der Waals surface area contributed by atoms with Gasteiger partial charge in [-0.05, 0) is 49.5 Å². The van der Waals surface area contributed by atoms with Crippen molar-refractivity contribution in [1.29, 1.82) is 0 Å². The van der Waals surface area contributed by atoms with E-state index in [2.05, 4.69) is 66.9 Å². The van der Waals surface area contributed by atoms with Crippen LogP contribution in [0, 0.1) is 0 Å². The number of hydrogen-bond donors (Lipinski definition) is 2. The molecule has 26 heavy (non-hydrogen) atoms. The van der Waals surface area contributed by atoms with Gasteiger partial charge >= 0.3 is 0 Å². The van der Waals surface area contributed by atoms with Gasteiger partial charge in [0.2, 0.25) is 0 Å². The maximum Gasteiger partial charge on any atom is 0.167 e. The van der Waals surface area contributed by atoms with E-state index >= 15 is 0 Å². The first-order chi connectivity index (χ1) is 12.6. The van der Waals surface area contributed by atoms with Gasteiger partial charge in [-0.25, -0.2) is 5.43 Å². The number of allylic oxidation sites excluding steroid dienone is 9. The van der Waals surface area contributed by atoms with Gasteiger partial charge in [0.05, 0.1) is 5.71 Å². The third-order valence-corrected chi connectivity index (χ3v) is 4.40. The molecule has 2 rings (SSSR count). The number of aliphatic imine (C=N–C) groups is 1. The fourth-order valence-electron chi connectivity index (χ4n) is 2.56. The highest BCUT2D eigenvalue weighted by molar-refractivity contribution is 6.34. The van der Waals surface area contributed by atoms with Crippen LogP contribution in [0.5, 0.6) is 0 Å². The monoisotopic (exact) mass is 352 g/mol. The molecule has 1 saturated heterocycles. The molecule has 1 atom stereocenters. The Morgan fingerprint density at radius 3 is 2.81 bits per heavy atom. The second kappa shape index (κ2) is 9.85. The Hall–Kier alpha value is -2.50. The van der Waals surface area contributed by atoms with Gasteiger partial charge in [0.1, 0.15) is 6.17 Å². The number of nitrogens with zero attached hydrogens (tertiary/aromatic N) is 2. The molecule has 0 bridgehead atoms. The normalized spacial score (nSPS) is 20.7. The molecule has 0 aromatic heterocycles. The zero-order valence-corrected chi connectivity index (χ0v) is 15.8. The number of fused-ring (bicyclic) bond motifs is 1. The minimum absolute atomic E-state index is 0.198. The molecular formula is C21H28N4O. The Kier molecular flexibility index (Phi) is 7.51. The number of rotatable bonds is 9. The molecule has 2 aliphatic heterocycles. The third kappa shape index (κ3) is 5.51. The van der Waals surface area contributed by atoms with Gasteiger partial charge in [-0.2, -0.15) is 5.53 Å². The molecule has 5 nitrogen and oxygen atoms in total. The summed E-state index contributed by atoms with van der Waals surface area (Å²) in [4.78, 5) is 15.2. The van der Waals surface area contributed by atoms with Crippen LogP contribution in [0.15, 0.2) is 76.5 Å². The zero-order chi connectivity index (χ0) is 18.9. The van der Waals surface area contributed by atoms with Crippen LogP contribution >= 0.6 is 0 Å². The quantitative estimate of drug-likeness (QED) is 0.379. The summed E-state index contributed by atoms with van der Waals surface area (Å²) < 4.78 is 0. The summed E-state index contributed by atoms with van der Waals surface area (Å²) >= 11 is 0. The highest BCUT2D eigenvalue weighted by Crippen LogP contribution is 2.25. The Bertz CT molecular complexity index is 722. The molecule has 0 aromatic carbocycles. The molecule has 0 aromatic rings. The first-order valence-corrected chi connectivity index (χ1v) is 8.91. The van der Waals surface area contributed by atoms with Gasteiger partial charge in [0.15, 0.2) is 6.29 Å². The van der Waals surface area contributed by atoms with E-state index in [-0.39, 0.29) is 6.17 Å². The maximum absolute atomic E-state index is 11.2. The molecule has 0 amide bonds. The minimum atomic E-state index is 0.198. The molecule has 138 valence electrons. The van der Waals surface area contributed by atoms with Crippen molar-refractivity contribution in [1.82, 2.24) is 16.0 Å². The molecule has 0 spiro atoms. The first-order valence-electron chi connectivity index (χ1n) is 8.91. The average molecular weight is 352 g/mol. The summed E-state index contributed by atoms with van der Waals surface area (Å²) in [6.07, 6.45) is 18.0. The predicted octanol–water partition coefficient (Wildman–Crippen LogP) is 3.54. The lowest BCUT2D eigenvalue weighted by Crippen LogP contribution is -2.68. The minimum Gasteiger partial charge on any atom is -0.296 e. The second-order valence-corrected chi connectivity index (χ2v) is 6.37. The van der Waals surface area contributed by atoms with E-state index < -0.39 is 0 Å². The van der Waals surface area contributed by atoms with Gasteiger partial charge in [0, 0.05) is 13.2 Å². The summed E-state index contributed by atoms with van der Waals surface area (Å²) in [6.45, 7) is 8.19. The summed E-state index contributed by atoms with van der Waals surface area (Å²) in [5.74, 6) is 0. The van der Waals surface area contributed by atoms with Crippen LogP contribution in [-0.2, 0) is 4.79 Å². The third-order valence-electron chi connectivity index (χ3n) is 4.40. The number of carbonyl (C=O) groups excluding carboxylic acids is 1. The van der Waals surface area contributed by atoms with Crippen molar-refractivity contribution in [3.63, 3.8) is 0 Å². The Balaban J connectivity index is 2.10. The molecule has 2 aliphatic rings. The van der Waals surface area contributed by atoms with Crippen LogP contribution in [0.3, 0.4) is 0 Å². The van der Waals surface area contributed by atoms with Crippen molar-refractivity contribution in [3.05, 3.63) is 71.5 Å². The Morgan fingerprint density at radius 2 is 2.23 bits per heavy atom. The van der Waals surface area contributed by atoms with E-state index in [4.69, 9.17) is 0 Å². The van der Waals surface area contributed by atoms with Crippen molar-refractivity contribution in [3.8, 4) is 0 Å². The molecule has 2 heterocycles. The lowest BCUT2D eigenvalue weighted by Gasteiger charge is -2.42. The van der Waals surface area contributed by atoms with Crippen LogP contribution in [0.1, 0.15) is 33.1 Å².